The van der Waals surface area contributed by atoms with Gasteiger partial charge in [0.25, 0.3) is 0 Å². The number of aryl methyl sites for hydroxylation is 1. The zero-order valence-corrected chi connectivity index (χ0v) is 16.9. The number of allylic oxidation sites excluding steroid dienone is 2. The SMILES string of the molecule is Cc1cccc(N2C(=O)[C@@H]3[C@@H](C2=O)[C@]2(Cl)C(Cl)=C(Cl)[C@]3(Cl)C2(Cl)Cl)n1. The minimum Gasteiger partial charge on any atom is -0.274 e. The Morgan fingerprint density at radius 2 is 1.44 bits per heavy atom. The number of halogens is 6. The number of carbonyl (C=O) groups is 2. The molecule has 10 heteroatoms. The third-order valence-electron chi connectivity index (χ3n) is 5.01. The second-order valence-electron chi connectivity index (χ2n) is 6.23. The summed E-state index contributed by atoms with van der Waals surface area (Å²) in [4.78, 5) is 27.7. The van der Waals surface area contributed by atoms with Gasteiger partial charge in [0.05, 0.1) is 21.9 Å². The van der Waals surface area contributed by atoms with Gasteiger partial charge in [0, 0.05) is 5.69 Å². The summed E-state index contributed by atoms with van der Waals surface area (Å²) >= 11 is 38.5. The molecule has 132 valence electrons. The Kier molecular flexibility index (Phi) is 3.76. The zero-order chi connectivity index (χ0) is 18.5. The first-order valence-corrected chi connectivity index (χ1v) is 9.41. The van der Waals surface area contributed by atoms with E-state index in [-0.39, 0.29) is 15.9 Å². The third kappa shape index (κ3) is 1.77. The molecule has 0 radical (unpaired) electrons. The lowest BCUT2D eigenvalue weighted by Crippen LogP contribution is -2.50. The van der Waals surface area contributed by atoms with E-state index < -0.39 is 37.7 Å². The number of carbonyl (C=O) groups excluding carboxylic acids is 2. The summed E-state index contributed by atoms with van der Waals surface area (Å²) < 4.78 is -1.93. The van der Waals surface area contributed by atoms with E-state index in [2.05, 4.69) is 4.98 Å². The van der Waals surface area contributed by atoms with E-state index in [1.165, 1.54) is 0 Å². The maximum atomic E-state index is 13.1. The lowest BCUT2D eigenvalue weighted by Gasteiger charge is -2.34. The molecule has 1 aliphatic heterocycles. The van der Waals surface area contributed by atoms with Crippen molar-refractivity contribution in [2.45, 2.75) is 21.0 Å². The van der Waals surface area contributed by atoms with Crippen molar-refractivity contribution >= 4 is 87.2 Å². The van der Waals surface area contributed by atoms with Crippen LogP contribution in [0.1, 0.15) is 5.69 Å². The van der Waals surface area contributed by atoms with Gasteiger partial charge >= 0.3 is 0 Å². The predicted octanol–water partition coefficient (Wildman–Crippen LogP) is 4.34. The standard InChI is InChI=1S/C15H8Cl6N2O2/c1-5-3-2-4-6(22-5)23-11(24)7-8(12(23)25)14(19)10(17)9(16)13(7,18)15(14,20)21/h2-4,7-8H,1H3/t7-,8-,13-,14-/m0/s1. The van der Waals surface area contributed by atoms with Crippen LogP contribution in [0.3, 0.4) is 0 Å². The van der Waals surface area contributed by atoms with E-state index in [9.17, 15) is 9.59 Å². The van der Waals surface area contributed by atoms with E-state index in [1.807, 2.05) is 0 Å². The summed E-state index contributed by atoms with van der Waals surface area (Å²) in [5, 5.41) is -0.227. The van der Waals surface area contributed by atoms with Crippen molar-refractivity contribution in [2.75, 3.05) is 4.90 Å². The molecule has 25 heavy (non-hydrogen) atoms. The van der Waals surface area contributed by atoms with Crippen LogP contribution in [0, 0.1) is 18.8 Å². The van der Waals surface area contributed by atoms with E-state index >= 15 is 0 Å². The molecule has 1 aromatic heterocycles. The Labute approximate surface area is 172 Å². The molecule has 2 bridgehead atoms. The summed E-state index contributed by atoms with van der Waals surface area (Å²) in [5.74, 6) is -3.35. The molecule has 2 fully saturated rings. The molecule has 1 saturated carbocycles. The molecule has 3 aliphatic rings. The van der Waals surface area contributed by atoms with Crippen molar-refractivity contribution in [3.63, 3.8) is 0 Å². The molecule has 2 aliphatic carbocycles. The summed E-state index contributed by atoms with van der Waals surface area (Å²) in [6.45, 7) is 1.74. The second kappa shape index (κ2) is 5.18. The van der Waals surface area contributed by atoms with Crippen LogP contribution in [0.4, 0.5) is 5.82 Å². The maximum Gasteiger partial charge on any atom is 0.241 e. The van der Waals surface area contributed by atoms with Gasteiger partial charge in [0.1, 0.15) is 15.6 Å². The van der Waals surface area contributed by atoms with Crippen molar-refractivity contribution in [2.24, 2.45) is 11.8 Å². The highest BCUT2D eigenvalue weighted by molar-refractivity contribution is 6.67. The minimum atomic E-state index is -1.93. The highest BCUT2D eigenvalue weighted by Crippen LogP contribution is 2.77. The number of aromatic nitrogens is 1. The molecular weight excluding hydrogens is 453 g/mol. The average Bonchev–Trinajstić information content (AvgIpc) is 2.92. The van der Waals surface area contributed by atoms with Crippen molar-refractivity contribution in [1.29, 1.82) is 0 Å². The highest BCUT2D eigenvalue weighted by atomic mass is 35.5. The lowest BCUT2D eigenvalue weighted by molar-refractivity contribution is -0.123. The van der Waals surface area contributed by atoms with Crippen LogP contribution in [0.2, 0.25) is 0 Å². The Balaban J connectivity index is 1.92. The Morgan fingerprint density at radius 1 is 0.960 bits per heavy atom. The second-order valence-corrected chi connectivity index (χ2v) is 9.51. The van der Waals surface area contributed by atoms with E-state index in [0.29, 0.717) is 5.69 Å². The molecular formula is C15H8Cl6N2O2. The molecule has 0 aromatic carbocycles. The number of hydrogen-bond donors (Lipinski definition) is 0. The first-order chi connectivity index (χ1) is 11.5. The molecule has 2 amide bonds. The van der Waals surface area contributed by atoms with Crippen LogP contribution in [-0.4, -0.2) is 30.9 Å². The average molecular weight is 461 g/mol. The fourth-order valence-electron chi connectivity index (χ4n) is 3.87. The molecule has 4 rings (SSSR count). The van der Waals surface area contributed by atoms with Gasteiger partial charge in [-0.15, -0.1) is 23.2 Å². The normalized spacial score (nSPS) is 38.8. The van der Waals surface area contributed by atoms with Crippen LogP contribution in [0.25, 0.3) is 0 Å². The van der Waals surface area contributed by atoms with Crippen LogP contribution < -0.4 is 4.90 Å². The fraction of sp³-hybridized carbons (Fsp3) is 0.400. The Hall–Kier alpha value is -0.230. The summed E-state index contributed by atoms with van der Waals surface area (Å²) in [7, 11) is 0. The molecule has 4 nitrogen and oxygen atoms in total. The summed E-state index contributed by atoms with van der Waals surface area (Å²) in [6.07, 6.45) is 0. The Bertz CT molecular complexity index is 841. The fourth-order valence-corrected chi connectivity index (χ4v) is 6.80. The number of anilines is 1. The molecule has 4 atom stereocenters. The van der Waals surface area contributed by atoms with Crippen LogP contribution in [-0.2, 0) is 9.59 Å². The van der Waals surface area contributed by atoms with Gasteiger partial charge in [0.15, 0.2) is 4.33 Å². The minimum absolute atomic E-state index is 0.114. The monoisotopic (exact) mass is 458 g/mol. The highest BCUT2D eigenvalue weighted by Gasteiger charge is 2.87. The van der Waals surface area contributed by atoms with Gasteiger partial charge in [-0.3, -0.25) is 9.59 Å². The van der Waals surface area contributed by atoms with Gasteiger partial charge in [-0.2, -0.15) is 0 Å². The van der Waals surface area contributed by atoms with Crippen LogP contribution in [0.5, 0.6) is 0 Å². The van der Waals surface area contributed by atoms with E-state index in [0.717, 1.165) is 4.90 Å². The van der Waals surface area contributed by atoms with Gasteiger partial charge in [-0.1, -0.05) is 52.5 Å². The first-order valence-electron chi connectivity index (χ1n) is 7.14. The van der Waals surface area contributed by atoms with E-state index in [4.69, 9.17) is 69.6 Å². The van der Waals surface area contributed by atoms with Crippen molar-refractivity contribution in [1.82, 2.24) is 4.98 Å². The first kappa shape index (κ1) is 18.1. The topological polar surface area (TPSA) is 50.3 Å². The smallest absolute Gasteiger partial charge is 0.241 e. The molecule has 0 unspecified atom stereocenters. The van der Waals surface area contributed by atoms with Crippen molar-refractivity contribution in [3.8, 4) is 0 Å². The zero-order valence-electron chi connectivity index (χ0n) is 12.4. The number of pyridine rings is 1. The molecule has 1 aromatic rings. The number of rotatable bonds is 1. The number of nitrogens with zero attached hydrogens (tertiary/aromatic N) is 2. The third-order valence-corrected chi connectivity index (χ3v) is 9.27. The molecule has 2 heterocycles. The Morgan fingerprint density at radius 3 is 1.88 bits per heavy atom. The summed E-state index contributed by atoms with van der Waals surface area (Å²) in [6, 6.07) is 4.96. The number of alkyl halides is 4. The van der Waals surface area contributed by atoms with Crippen LogP contribution >= 0.6 is 69.6 Å². The lowest BCUT2D eigenvalue weighted by atomic mass is 9.84. The largest absolute Gasteiger partial charge is 0.274 e. The number of imide groups is 1. The van der Waals surface area contributed by atoms with Crippen molar-refractivity contribution in [3.05, 3.63) is 34.0 Å². The summed E-state index contributed by atoms with van der Waals surface area (Å²) in [5.41, 5.74) is 0.637. The van der Waals surface area contributed by atoms with Gasteiger partial charge in [-0.05, 0) is 19.1 Å². The van der Waals surface area contributed by atoms with Gasteiger partial charge < -0.3 is 0 Å². The quantitative estimate of drug-likeness (QED) is 0.462. The number of fused-ring (bicyclic) bond motifs is 5. The van der Waals surface area contributed by atoms with Gasteiger partial charge in [-0.25, -0.2) is 9.88 Å². The molecule has 0 N–H and O–H groups in total. The number of amides is 2. The van der Waals surface area contributed by atoms with E-state index in [1.54, 1.807) is 25.1 Å². The molecule has 0 spiro atoms. The predicted molar refractivity (Wildman–Crippen MR) is 98.8 cm³/mol. The van der Waals surface area contributed by atoms with Gasteiger partial charge in [0.2, 0.25) is 11.8 Å². The number of hydrogen-bond acceptors (Lipinski definition) is 3. The molecule has 1 saturated heterocycles. The van der Waals surface area contributed by atoms with Crippen molar-refractivity contribution < 1.29 is 9.59 Å². The maximum absolute atomic E-state index is 13.1. The van der Waals surface area contributed by atoms with Crippen LogP contribution in [0.15, 0.2) is 28.3 Å².